The number of carbonyl (C=O) groups excluding carboxylic acids is 2. The average Bonchev–Trinajstić information content (AvgIpc) is 3.40. The number of benzene rings is 1. The molecule has 1 aliphatic heterocycles. The molecule has 42 heavy (non-hydrogen) atoms. The van der Waals surface area contributed by atoms with Gasteiger partial charge in [-0.1, -0.05) is 26.3 Å². The summed E-state index contributed by atoms with van der Waals surface area (Å²) in [6.45, 7) is 10.5. The van der Waals surface area contributed by atoms with Gasteiger partial charge in [0.2, 0.25) is 11.3 Å². The normalized spacial score (nSPS) is 16.6. The molecule has 0 saturated carbocycles. The lowest BCUT2D eigenvalue weighted by Gasteiger charge is -2.46. The average molecular weight is 601 g/mol. The molecule has 1 aliphatic rings. The van der Waals surface area contributed by atoms with Gasteiger partial charge in [-0.25, -0.2) is 13.8 Å². The number of halogens is 2. The summed E-state index contributed by atoms with van der Waals surface area (Å²) in [6.07, 6.45) is 5.27. The lowest BCUT2D eigenvalue weighted by molar-refractivity contribution is -0.131. The number of nitrogens with zero attached hydrogens (tertiary/aromatic N) is 4. The van der Waals surface area contributed by atoms with Crippen LogP contribution < -0.4 is 10.2 Å². The Morgan fingerprint density at radius 3 is 2.62 bits per heavy atom. The molecule has 3 aromatic rings. The van der Waals surface area contributed by atoms with Gasteiger partial charge in [-0.3, -0.25) is 14.4 Å². The third kappa shape index (κ3) is 6.25. The number of ether oxygens (including phenoxy) is 1. The topological polar surface area (TPSA) is 84.7 Å². The van der Waals surface area contributed by atoms with E-state index in [9.17, 15) is 23.2 Å². The third-order valence-corrected chi connectivity index (χ3v) is 8.59. The van der Waals surface area contributed by atoms with Crippen molar-refractivity contribution in [3.63, 3.8) is 0 Å². The number of aromatic nitrogens is 2. The molecule has 0 spiro atoms. The molecule has 0 aliphatic carbocycles. The minimum absolute atomic E-state index is 0.0340. The number of unbranched alkanes of at least 4 members (excludes halogenated alkanes) is 1. The summed E-state index contributed by atoms with van der Waals surface area (Å²) in [5.74, 6) is -1.69. The second-order valence-electron chi connectivity index (χ2n) is 11.3. The first-order chi connectivity index (χ1) is 19.9. The standard InChI is InChI=1S/C31H38F2N4O4S/c1-7-9-12-41-28-26-30(40)36(19(3)4)18-31(5,17-35(6)25(38)8-2)37(26)16-23(27(28)39)29-34-15-22(42-29)13-20-10-11-21(32)14-24(20)33/h10-11,14-16,19H,7-9,12-13,17-18H2,1-6H3. The van der Waals surface area contributed by atoms with Gasteiger partial charge in [0.05, 0.1) is 17.7 Å². The number of rotatable bonds is 11. The van der Waals surface area contributed by atoms with Gasteiger partial charge in [0, 0.05) is 62.4 Å². The quantitative estimate of drug-likeness (QED) is 0.273. The van der Waals surface area contributed by atoms with Gasteiger partial charge in [0.25, 0.3) is 5.91 Å². The van der Waals surface area contributed by atoms with E-state index >= 15 is 0 Å². The van der Waals surface area contributed by atoms with E-state index in [2.05, 4.69) is 4.98 Å². The molecule has 2 amide bonds. The maximum absolute atomic E-state index is 14.3. The Morgan fingerprint density at radius 1 is 1.24 bits per heavy atom. The van der Waals surface area contributed by atoms with Crippen molar-refractivity contribution in [2.45, 2.75) is 71.9 Å². The summed E-state index contributed by atoms with van der Waals surface area (Å²) in [7, 11) is 1.73. The van der Waals surface area contributed by atoms with Crippen molar-refractivity contribution in [3.8, 4) is 16.3 Å². The Kier molecular flexibility index (Phi) is 9.50. The van der Waals surface area contributed by atoms with Crippen LogP contribution in [0.2, 0.25) is 0 Å². The molecule has 0 N–H and O–H groups in total. The predicted octanol–water partition coefficient (Wildman–Crippen LogP) is 5.47. The molecule has 226 valence electrons. The fourth-order valence-corrected chi connectivity index (χ4v) is 6.19. The van der Waals surface area contributed by atoms with E-state index in [0.717, 1.165) is 12.5 Å². The molecule has 1 atom stereocenters. The first-order valence-electron chi connectivity index (χ1n) is 14.3. The van der Waals surface area contributed by atoms with Crippen LogP contribution in [0.25, 0.3) is 10.6 Å². The zero-order valence-corrected chi connectivity index (χ0v) is 25.8. The van der Waals surface area contributed by atoms with Crippen LogP contribution in [0.5, 0.6) is 5.75 Å². The Bertz CT molecular complexity index is 1540. The van der Waals surface area contributed by atoms with Crippen LogP contribution in [0.3, 0.4) is 0 Å². The van der Waals surface area contributed by atoms with Gasteiger partial charge in [-0.05, 0) is 38.8 Å². The number of thiazole rings is 1. The van der Waals surface area contributed by atoms with Crippen LogP contribution in [0.1, 0.15) is 74.8 Å². The summed E-state index contributed by atoms with van der Waals surface area (Å²) in [4.78, 5) is 49.0. The second kappa shape index (κ2) is 12.7. The number of likely N-dealkylation sites (N-methyl/N-ethyl adjacent to an activating group) is 1. The molecule has 0 fully saturated rings. The number of fused-ring (bicyclic) bond motifs is 1. The van der Waals surface area contributed by atoms with Gasteiger partial charge in [0.15, 0.2) is 11.4 Å². The molecular formula is C31H38F2N4O4S. The highest BCUT2D eigenvalue weighted by Crippen LogP contribution is 2.36. The SMILES string of the molecule is CCCCOc1c2n(cc(-c3ncc(Cc4ccc(F)cc4F)s3)c1=O)C(C)(CN(C)C(=O)CC)CN(C(C)C)C2=O. The first-order valence-corrected chi connectivity index (χ1v) is 15.1. The van der Waals surface area contributed by atoms with E-state index in [4.69, 9.17) is 4.74 Å². The van der Waals surface area contributed by atoms with E-state index in [0.29, 0.717) is 41.4 Å². The Hall–Kier alpha value is -3.60. The van der Waals surface area contributed by atoms with Gasteiger partial charge < -0.3 is 19.1 Å². The molecule has 0 saturated heterocycles. The fraction of sp³-hybridized carbons (Fsp3) is 0.484. The summed E-state index contributed by atoms with van der Waals surface area (Å²) in [6, 6.07) is 3.29. The highest BCUT2D eigenvalue weighted by Gasteiger charge is 2.44. The van der Waals surface area contributed by atoms with E-state index in [-0.39, 0.29) is 47.9 Å². The molecular weight excluding hydrogens is 562 g/mol. The Morgan fingerprint density at radius 2 is 1.98 bits per heavy atom. The van der Waals surface area contributed by atoms with Crippen LogP contribution in [-0.2, 0) is 16.8 Å². The molecule has 2 aromatic heterocycles. The van der Waals surface area contributed by atoms with Crippen molar-refractivity contribution < 1.29 is 23.1 Å². The lowest BCUT2D eigenvalue weighted by atomic mass is 9.93. The zero-order valence-electron chi connectivity index (χ0n) is 25.0. The van der Waals surface area contributed by atoms with Crippen molar-refractivity contribution in [1.29, 1.82) is 0 Å². The van der Waals surface area contributed by atoms with Crippen LogP contribution in [0.4, 0.5) is 8.78 Å². The van der Waals surface area contributed by atoms with Crippen LogP contribution in [0.15, 0.2) is 35.4 Å². The van der Waals surface area contributed by atoms with Crippen molar-refractivity contribution in [3.05, 3.63) is 68.6 Å². The van der Waals surface area contributed by atoms with Crippen LogP contribution in [-0.4, -0.2) is 64.0 Å². The molecule has 11 heteroatoms. The highest BCUT2D eigenvalue weighted by atomic mass is 32.1. The van der Waals surface area contributed by atoms with E-state index in [1.807, 2.05) is 27.7 Å². The van der Waals surface area contributed by atoms with E-state index in [1.165, 1.54) is 23.5 Å². The number of carbonyl (C=O) groups is 2. The summed E-state index contributed by atoms with van der Waals surface area (Å²) in [5, 5.41) is 0.396. The minimum atomic E-state index is -0.782. The fourth-order valence-electron chi connectivity index (χ4n) is 5.25. The molecule has 0 bridgehead atoms. The number of hydrogen-bond donors (Lipinski definition) is 0. The van der Waals surface area contributed by atoms with Gasteiger partial charge in [0.1, 0.15) is 16.6 Å². The van der Waals surface area contributed by atoms with Crippen molar-refractivity contribution in [2.75, 3.05) is 26.7 Å². The second-order valence-corrected chi connectivity index (χ2v) is 12.4. The molecule has 1 aromatic carbocycles. The molecule has 4 rings (SSSR count). The minimum Gasteiger partial charge on any atom is -0.487 e. The Balaban J connectivity index is 1.87. The highest BCUT2D eigenvalue weighted by molar-refractivity contribution is 7.15. The molecule has 1 unspecified atom stereocenters. The van der Waals surface area contributed by atoms with Gasteiger partial charge in [-0.15, -0.1) is 11.3 Å². The molecule has 3 heterocycles. The monoisotopic (exact) mass is 600 g/mol. The smallest absolute Gasteiger partial charge is 0.274 e. The predicted molar refractivity (Wildman–Crippen MR) is 159 cm³/mol. The Labute approximate surface area is 248 Å². The van der Waals surface area contributed by atoms with Crippen LogP contribution in [0, 0.1) is 11.6 Å². The number of amides is 2. The van der Waals surface area contributed by atoms with Crippen molar-refractivity contribution in [2.24, 2.45) is 0 Å². The molecule has 8 nitrogen and oxygen atoms in total. The van der Waals surface area contributed by atoms with Crippen molar-refractivity contribution in [1.82, 2.24) is 19.4 Å². The largest absolute Gasteiger partial charge is 0.487 e. The van der Waals surface area contributed by atoms with Gasteiger partial charge >= 0.3 is 0 Å². The molecule has 0 radical (unpaired) electrons. The lowest BCUT2D eigenvalue weighted by Crippen LogP contribution is -2.59. The van der Waals surface area contributed by atoms with Crippen molar-refractivity contribution >= 4 is 23.2 Å². The zero-order chi connectivity index (χ0) is 30.8. The summed E-state index contributed by atoms with van der Waals surface area (Å²) < 4.78 is 35.6. The first kappa shape index (κ1) is 31.3. The third-order valence-electron chi connectivity index (χ3n) is 7.56. The van der Waals surface area contributed by atoms with Crippen LogP contribution >= 0.6 is 11.3 Å². The number of pyridine rings is 1. The van der Waals surface area contributed by atoms with E-state index < -0.39 is 22.6 Å². The maximum atomic E-state index is 14.3. The number of hydrogen-bond acceptors (Lipinski definition) is 6. The maximum Gasteiger partial charge on any atom is 0.274 e. The summed E-state index contributed by atoms with van der Waals surface area (Å²) >= 11 is 1.22. The summed E-state index contributed by atoms with van der Waals surface area (Å²) in [5.41, 5.74) is -0.513. The van der Waals surface area contributed by atoms with E-state index in [1.54, 1.807) is 40.7 Å². The van der Waals surface area contributed by atoms with Gasteiger partial charge in [-0.2, -0.15) is 0 Å².